The summed E-state index contributed by atoms with van der Waals surface area (Å²) in [6.45, 7) is 24.8. The first-order valence-corrected chi connectivity index (χ1v) is 14.1. The van der Waals surface area contributed by atoms with E-state index in [2.05, 4.69) is 153 Å². The van der Waals surface area contributed by atoms with Crippen LogP contribution in [0.2, 0.25) is 0 Å². The molecule has 0 aliphatic carbocycles. The summed E-state index contributed by atoms with van der Waals surface area (Å²) in [4.78, 5) is 0. The van der Waals surface area contributed by atoms with E-state index >= 15 is 0 Å². The molecule has 4 rings (SSSR count). The van der Waals surface area contributed by atoms with Gasteiger partial charge < -0.3 is 13.8 Å². The van der Waals surface area contributed by atoms with Crippen LogP contribution >= 0.6 is 7.92 Å². The molecule has 0 aromatic heterocycles. The van der Waals surface area contributed by atoms with Gasteiger partial charge in [-0.3, -0.25) is 0 Å². The van der Waals surface area contributed by atoms with Gasteiger partial charge in [0.15, 0.2) is 0 Å². The van der Waals surface area contributed by atoms with E-state index in [4.69, 9.17) is 0 Å². The fraction of sp³-hybridized carbons (Fsp3) is 0.194. The Labute approximate surface area is 248 Å². The smallest absolute Gasteiger partial charge is 0.340 e. The van der Waals surface area contributed by atoms with Crippen LogP contribution in [-0.2, 0) is 20.1 Å². The van der Waals surface area contributed by atoms with Crippen molar-refractivity contribution in [3.05, 3.63) is 158 Å². The average Bonchev–Trinajstić information content (AvgIpc) is 3.13. The zero-order valence-corrected chi connectivity index (χ0v) is 27.1. The second-order valence-corrected chi connectivity index (χ2v) is 10.8. The predicted octanol–water partition coefficient (Wildman–Crippen LogP) is 9.18. The summed E-state index contributed by atoms with van der Waals surface area (Å²) in [7, 11) is -0.446. The molecule has 0 radical (unpaired) electrons. The quantitative estimate of drug-likeness (QED) is 0.111. The largest absolute Gasteiger partial charge is 3.00 e. The molecule has 38 heavy (non-hydrogen) atoms. The van der Waals surface area contributed by atoms with Gasteiger partial charge in [0.25, 0.3) is 0 Å². The van der Waals surface area contributed by atoms with Crippen molar-refractivity contribution < 1.29 is 20.1 Å². The molecule has 4 aromatic carbocycles. The van der Waals surface area contributed by atoms with Crippen molar-refractivity contribution >= 4 is 23.8 Å². The summed E-state index contributed by atoms with van der Waals surface area (Å²) in [6.07, 6.45) is 5.19. The van der Waals surface area contributed by atoms with E-state index in [-0.39, 0.29) is 20.1 Å². The van der Waals surface area contributed by atoms with Crippen molar-refractivity contribution in [1.82, 2.24) is 0 Å². The first kappa shape index (κ1) is 35.6. The van der Waals surface area contributed by atoms with Gasteiger partial charge in [0, 0.05) is 0 Å². The van der Waals surface area contributed by atoms with E-state index < -0.39 is 7.92 Å². The number of allylic oxidation sites excluding steroid dienone is 2. The van der Waals surface area contributed by atoms with Gasteiger partial charge in [0.1, 0.15) is 0 Å². The fourth-order valence-corrected chi connectivity index (χ4v) is 5.89. The molecule has 0 amide bonds. The summed E-state index contributed by atoms with van der Waals surface area (Å²) in [5, 5.41) is 4.19. The van der Waals surface area contributed by atoms with Crippen LogP contribution < -0.4 is 15.9 Å². The van der Waals surface area contributed by atoms with Gasteiger partial charge in [-0.1, -0.05) is 126 Å². The molecule has 0 aliphatic rings. The van der Waals surface area contributed by atoms with E-state index in [1.807, 2.05) is 0 Å². The van der Waals surface area contributed by atoms with E-state index in [0.717, 1.165) is 12.8 Å². The molecule has 0 N–H and O–H groups in total. The monoisotopic (exact) mass is 700 g/mol. The van der Waals surface area contributed by atoms with Crippen LogP contribution in [0.1, 0.15) is 40.7 Å². The maximum absolute atomic E-state index is 3.49. The molecule has 0 saturated heterocycles. The molecule has 0 unspecified atom stereocenters. The van der Waals surface area contributed by atoms with Crippen LogP contribution in [0.15, 0.2) is 116 Å². The van der Waals surface area contributed by atoms with Crippen molar-refractivity contribution in [3.63, 3.8) is 0 Å². The summed E-state index contributed by atoms with van der Waals surface area (Å²) in [6, 6.07) is 32.3. The Morgan fingerprint density at radius 3 is 1.00 bits per heavy atom. The van der Waals surface area contributed by atoms with Gasteiger partial charge >= 0.3 is 20.1 Å². The minimum absolute atomic E-state index is 0. The third-order valence-electron chi connectivity index (χ3n) is 6.26. The number of benzene rings is 3. The maximum atomic E-state index is 3.49. The minimum atomic E-state index is -0.446. The number of hydrogen-bond donors (Lipinski definition) is 0. The van der Waals surface area contributed by atoms with Crippen molar-refractivity contribution in [3.8, 4) is 0 Å². The Morgan fingerprint density at radius 1 is 0.605 bits per heavy atom. The van der Waals surface area contributed by atoms with Crippen LogP contribution in [0, 0.1) is 48.5 Å². The van der Waals surface area contributed by atoms with Crippen LogP contribution in [-0.4, -0.2) is 0 Å². The van der Waals surface area contributed by atoms with Crippen LogP contribution in [0.25, 0.3) is 0 Å². The zero-order chi connectivity index (χ0) is 27.6. The van der Waals surface area contributed by atoms with E-state index in [1.165, 1.54) is 43.7 Å². The molecule has 0 nitrogen and oxygen atoms in total. The van der Waals surface area contributed by atoms with Crippen molar-refractivity contribution in [2.24, 2.45) is 0 Å². The first-order chi connectivity index (χ1) is 17.8. The Hall–Kier alpha value is -2.43. The summed E-state index contributed by atoms with van der Waals surface area (Å²) in [5.41, 5.74) is 7.34. The van der Waals surface area contributed by atoms with Gasteiger partial charge in [0.2, 0.25) is 0 Å². The van der Waals surface area contributed by atoms with Crippen molar-refractivity contribution in [2.45, 2.75) is 47.5 Å². The molecule has 0 bridgehead atoms. The molecule has 0 atom stereocenters. The van der Waals surface area contributed by atoms with Crippen LogP contribution in [0.4, 0.5) is 0 Å². The minimum Gasteiger partial charge on any atom is -0.340 e. The second-order valence-electron chi connectivity index (χ2n) is 8.62. The topological polar surface area (TPSA) is 0 Å². The Balaban J connectivity index is 0.000000606. The molecule has 4 aromatic rings. The fourth-order valence-electron chi connectivity index (χ4n) is 3.58. The SMILES string of the molecule is C=CC[CH2-].C=CC[CH2-].Cc1c(C)c(C)[c-](C)c1C.[Ir+3].c1ccc(P(c2ccccc2)c2ccccc2)cc1. The van der Waals surface area contributed by atoms with Crippen molar-refractivity contribution in [2.75, 3.05) is 0 Å². The first-order valence-electron chi connectivity index (χ1n) is 12.8. The van der Waals surface area contributed by atoms with E-state index in [1.54, 1.807) is 12.2 Å². The maximum Gasteiger partial charge on any atom is 3.00 e. The number of rotatable bonds is 5. The Bertz CT molecular complexity index is 976. The molecular weight excluding hydrogens is 656 g/mol. The third-order valence-corrected chi connectivity index (χ3v) is 8.71. The van der Waals surface area contributed by atoms with Crippen molar-refractivity contribution in [1.29, 1.82) is 0 Å². The average molecular weight is 700 g/mol. The van der Waals surface area contributed by atoms with Crippen LogP contribution in [0.5, 0.6) is 0 Å². The zero-order valence-electron chi connectivity index (χ0n) is 23.8. The molecule has 0 aliphatic heterocycles. The normalized spacial score (nSPS) is 9.37. The predicted molar refractivity (Wildman–Crippen MR) is 171 cm³/mol. The van der Waals surface area contributed by atoms with E-state index in [0.29, 0.717) is 0 Å². The Kier molecular flexibility index (Phi) is 19.2. The van der Waals surface area contributed by atoms with E-state index in [9.17, 15) is 0 Å². The van der Waals surface area contributed by atoms with Gasteiger partial charge in [-0.2, -0.15) is 40.7 Å². The molecular formula is C36H44IrP. The standard InChI is InChI=1S/C18H15P.C10H15.2C4H7.Ir/c1-4-10-16(11-5-1)19(17-12-6-2-7-13-17)18-14-8-3-9-15-18;1-6-7(2)9(4)10(5)8(6)3;2*1-3-4-2;/h1-15H;1-5H3;2*3H,1-2,4H2;/q;3*-1;+3. The molecule has 0 fully saturated rings. The van der Waals surface area contributed by atoms with Gasteiger partial charge in [0.05, 0.1) is 0 Å². The molecule has 202 valence electrons. The van der Waals surface area contributed by atoms with Gasteiger partial charge in [-0.25, -0.2) is 0 Å². The summed E-state index contributed by atoms with van der Waals surface area (Å²) >= 11 is 0. The summed E-state index contributed by atoms with van der Waals surface area (Å²) in [5.74, 6) is 0. The number of hydrogen-bond acceptors (Lipinski definition) is 0. The Morgan fingerprint density at radius 2 is 0.842 bits per heavy atom. The van der Waals surface area contributed by atoms with Crippen LogP contribution in [0.3, 0.4) is 0 Å². The molecule has 0 spiro atoms. The molecule has 2 heteroatoms. The molecule has 0 saturated carbocycles. The second kappa shape index (κ2) is 20.5. The van der Waals surface area contributed by atoms with Gasteiger partial charge in [-0.05, 0) is 23.8 Å². The third kappa shape index (κ3) is 11.5. The summed E-state index contributed by atoms with van der Waals surface area (Å²) < 4.78 is 0. The van der Waals surface area contributed by atoms with Gasteiger partial charge in [-0.15, -0.1) is 25.3 Å². The molecule has 0 heterocycles.